The minimum absolute atomic E-state index is 0.596. The van der Waals surface area contributed by atoms with Gasteiger partial charge in [0.05, 0.1) is 11.0 Å². The van der Waals surface area contributed by atoms with Crippen molar-refractivity contribution < 1.29 is 8.83 Å². The van der Waals surface area contributed by atoms with Gasteiger partial charge in [-0.3, -0.25) is 0 Å². The number of rotatable bonds is 5. The normalized spacial score (nSPS) is 11.9. The average Bonchev–Trinajstić information content (AvgIpc) is 3.94. The molecule has 0 spiro atoms. The first kappa shape index (κ1) is 31.5. The molecule has 4 heterocycles. The summed E-state index contributed by atoms with van der Waals surface area (Å²) in [5.74, 6) is 1.84. The zero-order valence-electron chi connectivity index (χ0n) is 30.4. The topological polar surface area (TPSA) is 69.9 Å². The Morgan fingerprint density at radius 2 is 0.789 bits per heavy atom. The van der Waals surface area contributed by atoms with Gasteiger partial charge in [-0.2, -0.15) is 0 Å². The van der Waals surface area contributed by atoms with Gasteiger partial charge in [-0.15, -0.1) is 0 Å². The van der Waals surface area contributed by atoms with Crippen molar-refractivity contribution in [3.05, 3.63) is 182 Å². The molecule has 0 atom stereocenters. The van der Waals surface area contributed by atoms with E-state index >= 15 is 0 Å². The first-order valence-corrected chi connectivity index (χ1v) is 19.0. The fourth-order valence-electron chi connectivity index (χ4n) is 8.31. The van der Waals surface area contributed by atoms with Gasteiger partial charge in [0.25, 0.3) is 0 Å². The highest BCUT2D eigenvalue weighted by Gasteiger charge is 2.18. The summed E-state index contributed by atoms with van der Waals surface area (Å²) in [4.78, 5) is 14.8. The van der Waals surface area contributed by atoms with Gasteiger partial charge in [-0.25, -0.2) is 15.0 Å². The molecule has 6 heteroatoms. The smallest absolute Gasteiger partial charge is 0.164 e. The number of hydrogen-bond acceptors (Lipinski definition) is 5. The molecule has 4 aromatic heterocycles. The number of furan rings is 2. The van der Waals surface area contributed by atoms with E-state index in [1.165, 1.54) is 21.8 Å². The molecule has 0 N–H and O–H groups in total. The highest BCUT2D eigenvalue weighted by Crippen LogP contribution is 2.40. The number of hydrogen-bond donors (Lipinski definition) is 0. The van der Waals surface area contributed by atoms with Crippen molar-refractivity contribution in [3.63, 3.8) is 0 Å². The maximum atomic E-state index is 6.63. The third-order valence-corrected chi connectivity index (χ3v) is 11.0. The Hall–Kier alpha value is -7.83. The van der Waals surface area contributed by atoms with Crippen molar-refractivity contribution in [2.75, 3.05) is 0 Å². The quantitative estimate of drug-likeness (QED) is 0.176. The lowest BCUT2D eigenvalue weighted by atomic mass is 10.0. The molecule has 8 aromatic carbocycles. The van der Waals surface area contributed by atoms with Crippen LogP contribution in [0.25, 0.3) is 117 Å². The van der Waals surface area contributed by atoms with Crippen LogP contribution in [-0.4, -0.2) is 19.5 Å². The van der Waals surface area contributed by atoms with Gasteiger partial charge in [0.2, 0.25) is 0 Å². The van der Waals surface area contributed by atoms with Gasteiger partial charge in [-0.1, -0.05) is 109 Å². The van der Waals surface area contributed by atoms with Gasteiger partial charge in [0, 0.05) is 54.7 Å². The number of nitrogens with zero attached hydrogens (tertiary/aromatic N) is 4. The van der Waals surface area contributed by atoms with Crippen LogP contribution in [0.1, 0.15) is 0 Å². The lowest BCUT2D eigenvalue weighted by molar-refractivity contribution is 0.664. The molecule has 12 aromatic rings. The molecule has 0 aliphatic carbocycles. The van der Waals surface area contributed by atoms with Crippen LogP contribution in [0.15, 0.2) is 191 Å². The molecule has 12 rings (SSSR count). The largest absolute Gasteiger partial charge is 0.456 e. The fourth-order valence-corrected chi connectivity index (χ4v) is 8.31. The molecule has 6 nitrogen and oxygen atoms in total. The van der Waals surface area contributed by atoms with E-state index in [4.69, 9.17) is 23.8 Å². The van der Waals surface area contributed by atoms with E-state index in [1.54, 1.807) is 0 Å². The van der Waals surface area contributed by atoms with Crippen LogP contribution in [0.5, 0.6) is 0 Å². The third kappa shape index (κ3) is 5.08. The molecule has 0 aliphatic rings. The molecule has 0 aliphatic heterocycles. The second kappa shape index (κ2) is 12.3. The Kier molecular flexibility index (Phi) is 6.83. The maximum absolute atomic E-state index is 6.63. The monoisotopic (exact) mass is 730 g/mol. The van der Waals surface area contributed by atoms with Crippen LogP contribution in [0.3, 0.4) is 0 Å². The van der Waals surface area contributed by atoms with E-state index in [2.05, 4.69) is 114 Å². The second-order valence-corrected chi connectivity index (χ2v) is 14.4. The third-order valence-electron chi connectivity index (χ3n) is 11.0. The van der Waals surface area contributed by atoms with E-state index in [1.807, 2.05) is 72.8 Å². The lowest BCUT2D eigenvalue weighted by Gasteiger charge is -2.08. The van der Waals surface area contributed by atoms with E-state index in [-0.39, 0.29) is 0 Å². The highest BCUT2D eigenvalue weighted by molar-refractivity contribution is 6.16. The van der Waals surface area contributed by atoms with Gasteiger partial charge >= 0.3 is 0 Å². The molecule has 0 saturated heterocycles. The minimum Gasteiger partial charge on any atom is -0.456 e. The van der Waals surface area contributed by atoms with Gasteiger partial charge in [-0.05, 0) is 83.9 Å². The number of aromatic nitrogens is 4. The van der Waals surface area contributed by atoms with Crippen LogP contribution in [0.4, 0.5) is 0 Å². The van der Waals surface area contributed by atoms with Crippen molar-refractivity contribution in [2.45, 2.75) is 0 Å². The molecule has 57 heavy (non-hydrogen) atoms. The Balaban J connectivity index is 0.962. The first-order chi connectivity index (χ1) is 28.2. The molecular formula is C51H30N4O2. The molecule has 266 valence electrons. The molecular weight excluding hydrogens is 701 g/mol. The summed E-state index contributed by atoms with van der Waals surface area (Å²) >= 11 is 0. The van der Waals surface area contributed by atoms with Crippen LogP contribution in [0.2, 0.25) is 0 Å². The summed E-state index contributed by atoms with van der Waals surface area (Å²) in [5.41, 5.74) is 11.7. The van der Waals surface area contributed by atoms with Crippen LogP contribution >= 0.6 is 0 Å². The Morgan fingerprint density at radius 3 is 1.51 bits per heavy atom. The number of fused-ring (bicyclic) bond motifs is 9. The standard InChI is InChI=1S/C51H30N4O2/c1-4-12-31(13-5-1)49-52-50(32-14-6-2-7-15-32)54-51(53-49)35-22-25-45-40(27-35)42-30-47-41(29-48(42)56-45)38-23-20-34(28-46(38)57-47)33-21-24-44-39(26-33)37-18-10-11-19-43(37)55(44)36-16-8-3-9-17-36/h1-30H. The summed E-state index contributed by atoms with van der Waals surface area (Å²) in [6.45, 7) is 0. The van der Waals surface area contributed by atoms with Gasteiger partial charge in [0.1, 0.15) is 22.3 Å². The second-order valence-electron chi connectivity index (χ2n) is 14.4. The van der Waals surface area contributed by atoms with Crippen molar-refractivity contribution in [2.24, 2.45) is 0 Å². The van der Waals surface area contributed by atoms with Crippen molar-refractivity contribution in [1.29, 1.82) is 0 Å². The summed E-state index contributed by atoms with van der Waals surface area (Å²) in [7, 11) is 0. The molecule has 0 saturated carbocycles. The van der Waals surface area contributed by atoms with E-state index in [0.29, 0.717) is 17.5 Å². The first-order valence-electron chi connectivity index (χ1n) is 19.0. The zero-order valence-corrected chi connectivity index (χ0v) is 30.4. The lowest BCUT2D eigenvalue weighted by Crippen LogP contribution is -2.00. The SMILES string of the molecule is c1ccc(-c2nc(-c3ccccc3)nc(-c3ccc4oc5cc6c(cc5c4c3)oc3cc(-c4ccc5c(c4)c4ccccc4n5-c4ccccc4)ccc36)n2)cc1. The van der Waals surface area contributed by atoms with Crippen LogP contribution in [-0.2, 0) is 0 Å². The number of benzene rings is 8. The number of para-hydroxylation sites is 2. The predicted molar refractivity (Wildman–Crippen MR) is 230 cm³/mol. The van der Waals surface area contributed by atoms with Crippen molar-refractivity contribution in [3.8, 4) is 51.0 Å². The van der Waals surface area contributed by atoms with E-state index < -0.39 is 0 Å². The predicted octanol–water partition coefficient (Wildman–Crippen LogP) is 13.4. The zero-order chi connectivity index (χ0) is 37.5. The highest BCUT2D eigenvalue weighted by atomic mass is 16.3. The average molecular weight is 731 g/mol. The summed E-state index contributed by atoms with van der Waals surface area (Å²) in [5, 5.41) is 6.45. The van der Waals surface area contributed by atoms with E-state index in [9.17, 15) is 0 Å². The van der Waals surface area contributed by atoms with Crippen molar-refractivity contribution >= 4 is 65.7 Å². The van der Waals surface area contributed by atoms with Gasteiger partial charge in [0.15, 0.2) is 17.5 Å². The molecule has 0 bridgehead atoms. The molecule has 0 fully saturated rings. The molecule has 0 amide bonds. The fraction of sp³-hybridized carbons (Fsp3) is 0. The van der Waals surface area contributed by atoms with Crippen LogP contribution in [0, 0.1) is 0 Å². The molecule has 0 unspecified atom stereocenters. The Bertz CT molecular complexity index is 3450. The Morgan fingerprint density at radius 1 is 0.298 bits per heavy atom. The summed E-state index contributed by atoms with van der Waals surface area (Å²) in [6, 6.07) is 62.8. The summed E-state index contributed by atoms with van der Waals surface area (Å²) < 4.78 is 15.4. The molecule has 0 radical (unpaired) electrons. The maximum Gasteiger partial charge on any atom is 0.164 e. The summed E-state index contributed by atoms with van der Waals surface area (Å²) in [6.07, 6.45) is 0. The van der Waals surface area contributed by atoms with Crippen molar-refractivity contribution in [1.82, 2.24) is 19.5 Å². The minimum atomic E-state index is 0.596. The van der Waals surface area contributed by atoms with E-state index in [0.717, 1.165) is 77.4 Å². The van der Waals surface area contributed by atoms with Gasteiger partial charge < -0.3 is 13.4 Å². The van der Waals surface area contributed by atoms with Crippen LogP contribution < -0.4 is 0 Å². The Labute approximate surface area is 325 Å².